The molecule has 0 bridgehead atoms. The van der Waals surface area contributed by atoms with Gasteiger partial charge in [-0.2, -0.15) is 0 Å². The van der Waals surface area contributed by atoms with Crippen molar-refractivity contribution in [3.05, 3.63) is 30.3 Å². The van der Waals surface area contributed by atoms with E-state index in [9.17, 15) is 13.2 Å². The Morgan fingerprint density at radius 1 is 1.00 bits per heavy atom. The zero-order valence-corrected chi connectivity index (χ0v) is 11.3. The molecule has 0 N–H and O–H groups in total. The third-order valence-corrected chi connectivity index (χ3v) is 2.30. The first kappa shape index (κ1) is 17.2. The number of rotatable bonds is 1. The third kappa shape index (κ3) is 10.9. The predicted octanol–water partition coefficient (Wildman–Crippen LogP) is 2.71. The Morgan fingerprint density at radius 2 is 1.31 bits per heavy atom. The monoisotopic (exact) mass is 244 g/mol. The Labute approximate surface area is 98.4 Å². The molecule has 0 spiro atoms. The maximum atomic E-state index is 10.8. The molecule has 0 aliphatic heterocycles. The maximum Gasteiger partial charge on any atom is 0.175 e. The molecular weight excluding hydrogens is 224 g/mol. The molecule has 92 valence electrons. The van der Waals surface area contributed by atoms with Crippen LogP contribution in [0.25, 0.3) is 0 Å². The van der Waals surface area contributed by atoms with E-state index in [1.807, 2.05) is 13.8 Å². The van der Waals surface area contributed by atoms with Crippen LogP contribution in [0, 0.1) is 0 Å². The van der Waals surface area contributed by atoms with E-state index >= 15 is 0 Å². The average Bonchev–Trinajstić information content (AvgIpc) is 2.20. The summed E-state index contributed by atoms with van der Waals surface area (Å²) in [6.45, 7) is 7.06. The second-order valence-electron chi connectivity index (χ2n) is 2.99. The van der Waals surface area contributed by atoms with Gasteiger partial charge in [-0.15, -0.1) is 0 Å². The topological polar surface area (TPSA) is 51.2 Å². The summed E-state index contributed by atoms with van der Waals surface area (Å²) in [4.78, 5) is 9.81. The van der Waals surface area contributed by atoms with Gasteiger partial charge in [-0.25, -0.2) is 8.42 Å². The Hall–Kier alpha value is -1.16. The lowest BCUT2D eigenvalue weighted by atomic mass is 10.4. The molecule has 1 aromatic carbocycles. The Kier molecular flexibility index (Phi) is 9.80. The molecule has 16 heavy (non-hydrogen) atoms. The quantitative estimate of drug-likeness (QED) is 0.763. The van der Waals surface area contributed by atoms with Crippen LogP contribution in [0.1, 0.15) is 27.7 Å². The summed E-state index contributed by atoms with van der Waals surface area (Å²) in [6.07, 6.45) is 1.20. The average molecular weight is 244 g/mol. The smallest absolute Gasteiger partial charge is 0.175 e. The Morgan fingerprint density at radius 3 is 1.50 bits per heavy atom. The van der Waals surface area contributed by atoms with Gasteiger partial charge in [0.1, 0.15) is 5.78 Å². The molecular formula is C12H20O3S. The maximum absolute atomic E-state index is 10.8. The summed E-state index contributed by atoms with van der Waals surface area (Å²) >= 11 is 0. The van der Waals surface area contributed by atoms with E-state index in [-0.39, 0.29) is 5.78 Å². The highest BCUT2D eigenvalue weighted by molar-refractivity contribution is 7.90. The van der Waals surface area contributed by atoms with Crippen LogP contribution in [-0.2, 0) is 14.6 Å². The number of hydrogen-bond acceptors (Lipinski definition) is 3. The molecule has 0 heterocycles. The summed E-state index contributed by atoms with van der Waals surface area (Å²) in [5.41, 5.74) is 0. The molecule has 1 aromatic rings. The normalized spacial score (nSPS) is 9.06. The van der Waals surface area contributed by atoms with Crippen molar-refractivity contribution in [1.29, 1.82) is 0 Å². The number of ketones is 1. The lowest BCUT2D eigenvalue weighted by Crippen LogP contribution is -1.95. The van der Waals surface area contributed by atoms with Gasteiger partial charge in [0.25, 0.3) is 0 Å². The zero-order chi connectivity index (χ0) is 13.2. The molecule has 0 saturated carbocycles. The van der Waals surface area contributed by atoms with Crippen LogP contribution in [0.5, 0.6) is 0 Å². The molecule has 0 aliphatic carbocycles. The van der Waals surface area contributed by atoms with Gasteiger partial charge in [-0.05, 0) is 26.0 Å². The van der Waals surface area contributed by atoms with Gasteiger partial charge < -0.3 is 4.79 Å². The standard InChI is InChI=1S/C7H8O2S.C3H6O.C2H6/c1-10(8,9)7-5-3-2-4-6-7;1-3(2)4;1-2/h2-6H,1H3;1-2H3;1-2H3. The van der Waals surface area contributed by atoms with Crippen LogP contribution in [0.4, 0.5) is 0 Å². The number of sulfone groups is 1. The minimum Gasteiger partial charge on any atom is -0.300 e. The fourth-order valence-corrected chi connectivity index (χ4v) is 1.32. The summed E-state index contributed by atoms with van der Waals surface area (Å²) in [5.74, 6) is 0.167. The van der Waals surface area contributed by atoms with Crippen molar-refractivity contribution >= 4 is 15.6 Å². The second-order valence-corrected chi connectivity index (χ2v) is 5.01. The highest BCUT2D eigenvalue weighted by Gasteiger charge is 2.02. The summed E-state index contributed by atoms with van der Waals surface area (Å²) in [6, 6.07) is 8.35. The Bertz CT molecular complexity index is 376. The van der Waals surface area contributed by atoms with Crippen molar-refractivity contribution in [2.75, 3.05) is 6.26 Å². The van der Waals surface area contributed by atoms with Crippen molar-refractivity contribution in [2.24, 2.45) is 0 Å². The van der Waals surface area contributed by atoms with Gasteiger partial charge in [-0.1, -0.05) is 32.0 Å². The SMILES string of the molecule is CC.CC(C)=O.CS(=O)(=O)c1ccccc1. The molecule has 0 aliphatic rings. The predicted molar refractivity (Wildman–Crippen MR) is 67.3 cm³/mol. The van der Waals surface area contributed by atoms with E-state index in [0.717, 1.165) is 0 Å². The second kappa shape index (κ2) is 9.09. The minimum absolute atomic E-state index is 0.167. The van der Waals surface area contributed by atoms with E-state index < -0.39 is 9.84 Å². The first-order chi connectivity index (χ1) is 7.34. The number of carbonyl (C=O) groups is 1. The van der Waals surface area contributed by atoms with Gasteiger partial charge in [0.15, 0.2) is 9.84 Å². The lowest BCUT2D eigenvalue weighted by Gasteiger charge is -1.93. The molecule has 0 atom stereocenters. The van der Waals surface area contributed by atoms with Crippen molar-refractivity contribution in [2.45, 2.75) is 32.6 Å². The molecule has 0 unspecified atom stereocenters. The fourth-order valence-electron chi connectivity index (χ4n) is 0.668. The van der Waals surface area contributed by atoms with Crippen LogP contribution in [0.3, 0.4) is 0 Å². The summed E-state index contributed by atoms with van der Waals surface area (Å²) < 4.78 is 21.7. The molecule has 0 amide bonds. The first-order valence-corrected chi connectivity index (χ1v) is 6.95. The highest BCUT2D eigenvalue weighted by atomic mass is 32.2. The van der Waals surface area contributed by atoms with Crippen molar-refractivity contribution in [3.63, 3.8) is 0 Å². The van der Waals surface area contributed by atoms with Crippen molar-refractivity contribution in [1.82, 2.24) is 0 Å². The van der Waals surface area contributed by atoms with Gasteiger partial charge in [0.2, 0.25) is 0 Å². The summed E-state index contributed by atoms with van der Waals surface area (Å²) in [7, 11) is -3.00. The third-order valence-electron chi connectivity index (χ3n) is 1.17. The lowest BCUT2D eigenvalue weighted by molar-refractivity contribution is -0.114. The first-order valence-electron chi connectivity index (χ1n) is 5.06. The van der Waals surface area contributed by atoms with Gasteiger partial charge in [0, 0.05) is 6.26 Å². The van der Waals surface area contributed by atoms with Crippen molar-refractivity contribution in [3.8, 4) is 0 Å². The number of carbonyl (C=O) groups excluding carboxylic acids is 1. The molecule has 4 heteroatoms. The molecule has 0 fully saturated rings. The molecule has 0 aromatic heterocycles. The Balaban J connectivity index is 0. The van der Waals surface area contributed by atoms with Crippen LogP contribution in [0.2, 0.25) is 0 Å². The van der Waals surface area contributed by atoms with Crippen molar-refractivity contribution < 1.29 is 13.2 Å². The fraction of sp³-hybridized carbons (Fsp3) is 0.417. The van der Waals surface area contributed by atoms with E-state index in [4.69, 9.17) is 0 Å². The van der Waals surface area contributed by atoms with Crippen LogP contribution < -0.4 is 0 Å². The van der Waals surface area contributed by atoms with Crippen LogP contribution in [0.15, 0.2) is 35.2 Å². The van der Waals surface area contributed by atoms with E-state index in [2.05, 4.69) is 0 Å². The summed E-state index contributed by atoms with van der Waals surface area (Å²) in [5, 5.41) is 0. The van der Waals surface area contributed by atoms with E-state index in [1.54, 1.807) is 30.3 Å². The van der Waals surface area contributed by atoms with Gasteiger partial charge >= 0.3 is 0 Å². The zero-order valence-electron chi connectivity index (χ0n) is 10.5. The van der Waals surface area contributed by atoms with Gasteiger partial charge in [-0.3, -0.25) is 0 Å². The number of benzene rings is 1. The number of Topliss-reactive ketones (excluding diaryl/α,β-unsaturated/α-hetero) is 1. The van der Waals surface area contributed by atoms with E-state index in [0.29, 0.717) is 4.90 Å². The largest absolute Gasteiger partial charge is 0.300 e. The molecule has 0 saturated heterocycles. The van der Waals surface area contributed by atoms with E-state index in [1.165, 1.54) is 20.1 Å². The highest BCUT2D eigenvalue weighted by Crippen LogP contribution is 2.05. The van der Waals surface area contributed by atoms with Gasteiger partial charge in [0.05, 0.1) is 4.90 Å². The molecule has 3 nitrogen and oxygen atoms in total. The van der Waals surface area contributed by atoms with Crippen LogP contribution in [-0.4, -0.2) is 20.5 Å². The minimum atomic E-state index is -3.00. The van der Waals surface area contributed by atoms with Crippen LogP contribution >= 0.6 is 0 Å². The molecule has 1 rings (SSSR count). The molecule has 0 radical (unpaired) electrons. The number of hydrogen-bond donors (Lipinski definition) is 0.